The Bertz CT molecular complexity index is 780. The Hall–Kier alpha value is -2.10. The summed E-state index contributed by atoms with van der Waals surface area (Å²) in [5.41, 5.74) is -1.45. The van der Waals surface area contributed by atoms with Gasteiger partial charge in [0.1, 0.15) is 17.3 Å². The maximum atomic E-state index is 13.4. The number of unbranched alkanes of at least 4 members (excludes halogenated alkanes) is 1. The molecule has 2 N–H and O–H groups in total. The topological polar surface area (TPSA) is 73.4 Å². The molecule has 2 heterocycles. The van der Waals surface area contributed by atoms with E-state index >= 15 is 0 Å². The number of aromatic nitrogens is 2. The lowest BCUT2D eigenvalue weighted by atomic mass is 9.89. The fourth-order valence-corrected chi connectivity index (χ4v) is 4.63. The standard InChI is InChI=1S/C25H41F3N6O/c1-24(2,3)22-31-20(25(26,27)28)17-21(32-22)34-15-13-33(14-16-34)12-8-7-11-29-23(35)30-18-19-9-5-4-6-10-19/h17,19H,4-16,18H2,1-3H3,(H2,29,30,35). The molecule has 2 fully saturated rings. The molecule has 1 saturated carbocycles. The van der Waals surface area contributed by atoms with Gasteiger partial charge in [-0.1, -0.05) is 40.0 Å². The smallest absolute Gasteiger partial charge is 0.354 e. The van der Waals surface area contributed by atoms with Gasteiger partial charge in [-0.25, -0.2) is 14.8 Å². The Kier molecular flexibility index (Phi) is 9.61. The van der Waals surface area contributed by atoms with Crippen LogP contribution in [0, 0.1) is 5.92 Å². The second-order valence-corrected chi connectivity index (χ2v) is 10.9. The van der Waals surface area contributed by atoms with E-state index in [1.54, 1.807) is 0 Å². The van der Waals surface area contributed by atoms with Gasteiger partial charge in [0.2, 0.25) is 0 Å². The highest BCUT2D eigenvalue weighted by molar-refractivity contribution is 5.73. The minimum atomic E-state index is -4.50. The molecular formula is C25H41F3N6O. The SMILES string of the molecule is CC(C)(C)c1nc(N2CCN(CCCCNC(=O)NCC3CCCCC3)CC2)cc(C(F)(F)F)n1. The minimum Gasteiger partial charge on any atom is -0.354 e. The molecular weight excluding hydrogens is 457 g/mol. The number of anilines is 1. The molecule has 2 amide bonds. The van der Waals surface area contributed by atoms with Crippen LogP contribution in [0.4, 0.5) is 23.8 Å². The van der Waals surface area contributed by atoms with Crippen LogP contribution >= 0.6 is 0 Å². The summed E-state index contributed by atoms with van der Waals surface area (Å²) in [6, 6.07) is 0.984. The lowest BCUT2D eigenvalue weighted by Gasteiger charge is -2.36. The average molecular weight is 499 g/mol. The molecule has 0 aromatic carbocycles. The van der Waals surface area contributed by atoms with E-state index in [1.165, 1.54) is 32.1 Å². The third-order valence-corrected chi connectivity index (χ3v) is 6.83. The Morgan fingerprint density at radius 1 is 1.00 bits per heavy atom. The molecule has 0 spiro atoms. The summed E-state index contributed by atoms with van der Waals surface area (Å²) in [5.74, 6) is 1.18. The Morgan fingerprint density at radius 3 is 2.31 bits per heavy atom. The van der Waals surface area contributed by atoms with E-state index in [0.717, 1.165) is 45.1 Å². The molecule has 1 aliphatic heterocycles. The Balaban J connectivity index is 1.37. The molecule has 1 saturated heterocycles. The molecule has 0 bridgehead atoms. The number of halogens is 3. The van der Waals surface area contributed by atoms with Gasteiger partial charge < -0.3 is 15.5 Å². The predicted molar refractivity (Wildman–Crippen MR) is 132 cm³/mol. The molecule has 0 atom stereocenters. The van der Waals surface area contributed by atoms with Gasteiger partial charge >= 0.3 is 12.2 Å². The molecule has 0 unspecified atom stereocenters. The van der Waals surface area contributed by atoms with Gasteiger partial charge in [-0.2, -0.15) is 13.2 Å². The summed E-state index contributed by atoms with van der Waals surface area (Å²) in [7, 11) is 0. The van der Waals surface area contributed by atoms with Crippen molar-refractivity contribution < 1.29 is 18.0 Å². The zero-order valence-electron chi connectivity index (χ0n) is 21.4. The molecule has 1 aromatic rings. The van der Waals surface area contributed by atoms with Crippen LogP contribution < -0.4 is 15.5 Å². The summed E-state index contributed by atoms with van der Waals surface area (Å²) in [6.07, 6.45) is 3.64. The van der Waals surface area contributed by atoms with Crippen molar-refractivity contribution in [3.05, 3.63) is 17.6 Å². The summed E-state index contributed by atoms with van der Waals surface area (Å²) in [6.45, 7) is 10.6. The number of carbonyl (C=O) groups excluding carboxylic acids is 1. The number of carbonyl (C=O) groups is 1. The van der Waals surface area contributed by atoms with Crippen molar-refractivity contribution in [2.45, 2.75) is 77.3 Å². The highest BCUT2D eigenvalue weighted by Gasteiger charge is 2.36. The Morgan fingerprint density at radius 2 is 1.69 bits per heavy atom. The molecule has 3 rings (SSSR count). The van der Waals surface area contributed by atoms with E-state index in [-0.39, 0.29) is 11.9 Å². The van der Waals surface area contributed by atoms with Gasteiger partial charge in [0.25, 0.3) is 0 Å². The van der Waals surface area contributed by atoms with Crippen molar-refractivity contribution in [2.24, 2.45) is 5.92 Å². The molecule has 2 aliphatic rings. The normalized spacial score (nSPS) is 18.5. The number of alkyl halides is 3. The third-order valence-electron chi connectivity index (χ3n) is 6.83. The van der Waals surface area contributed by atoms with Crippen LogP contribution in [0.3, 0.4) is 0 Å². The number of urea groups is 1. The van der Waals surface area contributed by atoms with E-state index < -0.39 is 17.3 Å². The van der Waals surface area contributed by atoms with E-state index in [0.29, 0.717) is 31.4 Å². The largest absolute Gasteiger partial charge is 0.433 e. The van der Waals surface area contributed by atoms with Crippen LogP contribution in [0.5, 0.6) is 0 Å². The fraction of sp³-hybridized carbons (Fsp3) is 0.800. The van der Waals surface area contributed by atoms with Crippen LogP contribution in [0.25, 0.3) is 0 Å². The summed E-state index contributed by atoms with van der Waals surface area (Å²) in [4.78, 5) is 24.5. The molecule has 1 aromatic heterocycles. The lowest BCUT2D eigenvalue weighted by Crippen LogP contribution is -2.47. The number of rotatable bonds is 8. The molecule has 7 nitrogen and oxygen atoms in total. The highest BCUT2D eigenvalue weighted by Crippen LogP contribution is 2.32. The number of piperazine rings is 1. The maximum Gasteiger partial charge on any atom is 0.433 e. The van der Waals surface area contributed by atoms with Crippen molar-refractivity contribution in [2.75, 3.05) is 50.7 Å². The Labute approximate surface area is 207 Å². The fourth-order valence-electron chi connectivity index (χ4n) is 4.63. The van der Waals surface area contributed by atoms with Crippen LogP contribution in [-0.4, -0.2) is 66.7 Å². The first-order valence-corrected chi connectivity index (χ1v) is 13.0. The van der Waals surface area contributed by atoms with Gasteiger partial charge in [-0.05, 0) is 38.1 Å². The van der Waals surface area contributed by atoms with Crippen molar-refractivity contribution >= 4 is 11.8 Å². The zero-order valence-corrected chi connectivity index (χ0v) is 21.4. The van der Waals surface area contributed by atoms with Crippen LogP contribution in [0.2, 0.25) is 0 Å². The van der Waals surface area contributed by atoms with Crippen molar-refractivity contribution in [1.82, 2.24) is 25.5 Å². The second-order valence-electron chi connectivity index (χ2n) is 10.9. The van der Waals surface area contributed by atoms with Crippen molar-refractivity contribution in [3.8, 4) is 0 Å². The van der Waals surface area contributed by atoms with E-state index in [1.807, 2.05) is 25.7 Å². The van der Waals surface area contributed by atoms with Gasteiger partial charge in [0, 0.05) is 50.7 Å². The average Bonchev–Trinajstić information content (AvgIpc) is 2.82. The molecule has 10 heteroatoms. The first-order chi connectivity index (χ1) is 16.5. The number of nitrogens with zero attached hydrogens (tertiary/aromatic N) is 4. The molecule has 198 valence electrons. The number of hydrogen-bond acceptors (Lipinski definition) is 5. The van der Waals surface area contributed by atoms with Crippen LogP contribution in [0.15, 0.2) is 6.07 Å². The summed E-state index contributed by atoms with van der Waals surface area (Å²) < 4.78 is 40.2. The molecule has 35 heavy (non-hydrogen) atoms. The van der Waals surface area contributed by atoms with Gasteiger partial charge in [0.05, 0.1) is 0 Å². The van der Waals surface area contributed by atoms with E-state index in [9.17, 15) is 18.0 Å². The first kappa shape index (κ1) is 27.5. The van der Waals surface area contributed by atoms with Crippen molar-refractivity contribution in [3.63, 3.8) is 0 Å². The lowest BCUT2D eigenvalue weighted by molar-refractivity contribution is -0.141. The number of hydrogen-bond donors (Lipinski definition) is 2. The zero-order chi connectivity index (χ0) is 25.5. The molecule has 1 aliphatic carbocycles. The second kappa shape index (κ2) is 12.2. The van der Waals surface area contributed by atoms with Crippen LogP contribution in [-0.2, 0) is 11.6 Å². The minimum absolute atomic E-state index is 0.0816. The highest BCUT2D eigenvalue weighted by atomic mass is 19.4. The maximum absolute atomic E-state index is 13.4. The monoisotopic (exact) mass is 498 g/mol. The number of nitrogens with one attached hydrogen (secondary N) is 2. The van der Waals surface area contributed by atoms with Gasteiger partial charge in [-0.15, -0.1) is 0 Å². The quantitative estimate of drug-likeness (QED) is 0.514. The third kappa shape index (κ3) is 8.81. The van der Waals surface area contributed by atoms with Crippen LogP contribution in [0.1, 0.15) is 77.2 Å². The van der Waals surface area contributed by atoms with Gasteiger partial charge in [0.15, 0.2) is 0 Å². The predicted octanol–water partition coefficient (Wildman–Crippen LogP) is 4.57. The summed E-state index contributed by atoms with van der Waals surface area (Å²) in [5, 5.41) is 5.93. The summed E-state index contributed by atoms with van der Waals surface area (Å²) >= 11 is 0. The first-order valence-electron chi connectivity index (χ1n) is 13.0. The molecule has 0 radical (unpaired) electrons. The van der Waals surface area contributed by atoms with E-state index in [4.69, 9.17) is 0 Å². The number of amides is 2. The van der Waals surface area contributed by atoms with Gasteiger partial charge in [-0.3, -0.25) is 4.90 Å². The van der Waals surface area contributed by atoms with Crippen molar-refractivity contribution in [1.29, 1.82) is 0 Å². The van der Waals surface area contributed by atoms with E-state index in [2.05, 4.69) is 25.5 Å².